The topological polar surface area (TPSA) is 17.1 Å². The number of fused-ring (bicyclic) bond motifs is 1. The summed E-state index contributed by atoms with van der Waals surface area (Å²) in [6.07, 6.45) is 1.53. The van der Waals surface area contributed by atoms with Crippen LogP contribution in [0, 0.1) is 0 Å². The van der Waals surface area contributed by atoms with E-state index in [0.717, 1.165) is 12.0 Å². The molecule has 1 nitrogen and oxygen atoms in total. The fraction of sp³-hybridized carbons (Fsp3) is 0.190. The van der Waals surface area contributed by atoms with E-state index in [0.29, 0.717) is 6.42 Å². The Bertz CT molecular complexity index is 769. The number of hydrogen-bond donors (Lipinski definition) is 0. The molecule has 0 saturated heterocycles. The largest absolute Gasteiger partial charge is 0.294 e. The summed E-state index contributed by atoms with van der Waals surface area (Å²) in [6.45, 7) is 2.16. The highest BCUT2D eigenvalue weighted by molar-refractivity contribution is 5.97. The van der Waals surface area contributed by atoms with Gasteiger partial charge in [0.05, 0.1) is 0 Å². The second-order valence-electron chi connectivity index (χ2n) is 5.67. The zero-order valence-electron chi connectivity index (χ0n) is 12.8. The maximum Gasteiger partial charge on any atom is 0.163 e. The van der Waals surface area contributed by atoms with E-state index in [9.17, 15) is 4.79 Å². The lowest BCUT2D eigenvalue weighted by Crippen LogP contribution is -2.07. The Hall–Kier alpha value is -2.41. The van der Waals surface area contributed by atoms with Crippen molar-refractivity contribution in [3.05, 3.63) is 83.9 Å². The van der Waals surface area contributed by atoms with Gasteiger partial charge in [0, 0.05) is 12.0 Å². The second kappa shape index (κ2) is 6.57. The van der Waals surface area contributed by atoms with Crippen LogP contribution in [0.3, 0.4) is 0 Å². The predicted octanol–water partition coefficient (Wildman–Crippen LogP) is 5.61. The van der Waals surface area contributed by atoms with E-state index in [1.807, 2.05) is 30.3 Å². The van der Waals surface area contributed by atoms with Crippen molar-refractivity contribution in [2.75, 3.05) is 0 Å². The van der Waals surface area contributed by atoms with Gasteiger partial charge in [0.1, 0.15) is 0 Å². The third-order valence-corrected chi connectivity index (χ3v) is 4.28. The Morgan fingerprint density at radius 1 is 0.864 bits per heavy atom. The van der Waals surface area contributed by atoms with Gasteiger partial charge in [-0.05, 0) is 28.7 Å². The van der Waals surface area contributed by atoms with E-state index in [-0.39, 0.29) is 11.7 Å². The minimum Gasteiger partial charge on any atom is -0.294 e. The minimum atomic E-state index is 0.223. The van der Waals surface area contributed by atoms with Crippen LogP contribution >= 0.6 is 0 Å². The van der Waals surface area contributed by atoms with Crippen molar-refractivity contribution in [3.8, 4) is 0 Å². The van der Waals surface area contributed by atoms with Crippen LogP contribution in [0.2, 0.25) is 0 Å². The van der Waals surface area contributed by atoms with Crippen LogP contribution in [0.5, 0.6) is 0 Å². The molecule has 0 amide bonds. The summed E-state index contributed by atoms with van der Waals surface area (Å²) in [7, 11) is 0. The smallest absolute Gasteiger partial charge is 0.163 e. The summed E-state index contributed by atoms with van der Waals surface area (Å²) in [5.41, 5.74) is 2.09. The average Bonchev–Trinajstić information content (AvgIpc) is 2.60. The molecule has 0 spiro atoms. The number of hydrogen-bond acceptors (Lipinski definition) is 1. The molecule has 3 aromatic carbocycles. The Kier molecular flexibility index (Phi) is 4.34. The van der Waals surface area contributed by atoms with E-state index in [1.54, 1.807) is 0 Å². The monoisotopic (exact) mass is 288 g/mol. The van der Waals surface area contributed by atoms with E-state index >= 15 is 0 Å². The predicted molar refractivity (Wildman–Crippen MR) is 92.4 cm³/mol. The van der Waals surface area contributed by atoms with Gasteiger partial charge in [-0.3, -0.25) is 4.79 Å². The van der Waals surface area contributed by atoms with Crippen LogP contribution in [-0.4, -0.2) is 5.78 Å². The first kappa shape index (κ1) is 14.5. The molecular weight excluding hydrogens is 268 g/mol. The highest BCUT2D eigenvalue weighted by atomic mass is 16.1. The Labute approximate surface area is 131 Å². The quantitative estimate of drug-likeness (QED) is 0.558. The van der Waals surface area contributed by atoms with Crippen LogP contribution in [0.1, 0.15) is 41.6 Å². The molecule has 22 heavy (non-hydrogen) atoms. The first-order valence-electron chi connectivity index (χ1n) is 7.85. The number of carbonyl (C=O) groups is 1. The molecule has 1 atom stereocenters. The molecule has 0 N–H and O–H groups in total. The van der Waals surface area contributed by atoms with Gasteiger partial charge in [-0.2, -0.15) is 0 Å². The maximum atomic E-state index is 12.5. The van der Waals surface area contributed by atoms with Gasteiger partial charge in [0.2, 0.25) is 0 Å². The summed E-state index contributed by atoms with van der Waals surface area (Å²) < 4.78 is 0. The van der Waals surface area contributed by atoms with Gasteiger partial charge in [-0.25, -0.2) is 0 Å². The number of ketones is 1. The lowest BCUT2D eigenvalue weighted by molar-refractivity contribution is 0.0973. The number of benzene rings is 3. The van der Waals surface area contributed by atoms with Crippen molar-refractivity contribution < 1.29 is 4.79 Å². The van der Waals surface area contributed by atoms with E-state index < -0.39 is 0 Å². The lowest BCUT2D eigenvalue weighted by atomic mass is 9.86. The Morgan fingerprint density at radius 3 is 2.32 bits per heavy atom. The van der Waals surface area contributed by atoms with Crippen LogP contribution in [0.15, 0.2) is 72.8 Å². The lowest BCUT2D eigenvalue weighted by Gasteiger charge is -2.17. The van der Waals surface area contributed by atoms with Crippen LogP contribution < -0.4 is 0 Å². The van der Waals surface area contributed by atoms with Crippen molar-refractivity contribution in [3.63, 3.8) is 0 Å². The van der Waals surface area contributed by atoms with Crippen molar-refractivity contribution in [2.24, 2.45) is 0 Å². The average molecular weight is 288 g/mol. The molecular formula is C21H20O. The minimum absolute atomic E-state index is 0.223. The third-order valence-electron chi connectivity index (χ3n) is 4.28. The summed E-state index contributed by atoms with van der Waals surface area (Å²) >= 11 is 0. The highest BCUT2D eigenvalue weighted by Crippen LogP contribution is 2.31. The molecule has 0 aliphatic rings. The molecule has 0 bridgehead atoms. The van der Waals surface area contributed by atoms with Crippen molar-refractivity contribution in [2.45, 2.75) is 25.7 Å². The van der Waals surface area contributed by atoms with Crippen molar-refractivity contribution in [1.82, 2.24) is 0 Å². The summed E-state index contributed by atoms with van der Waals surface area (Å²) in [4.78, 5) is 12.5. The molecule has 0 heterocycles. The third kappa shape index (κ3) is 2.94. The van der Waals surface area contributed by atoms with Gasteiger partial charge < -0.3 is 0 Å². The molecule has 110 valence electrons. The van der Waals surface area contributed by atoms with Crippen molar-refractivity contribution in [1.29, 1.82) is 0 Å². The molecule has 0 aliphatic carbocycles. The van der Waals surface area contributed by atoms with Gasteiger partial charge in [0.15, 0.2) is 5.78 Å². The van der Waals surface area contributed by atoms with E-state index in [4.69, 9.17) is 0 Å². The molecule has 1 unspecified atom stereocenters. The number of Topliss-reactive ketones (excluding diaryl/α,β-unsaturated/α-hetero) is 1. The summed E-state index contributed by atoms with van der Waals surface area (Å²) in [6, 6.07) is 24.4. The van der Waals surface area contributed by atoms with Crippen LogP contribution in [0.4, 0.5) is 0 Å². The Balaban J connectivity index is 1.92. The second-order valence-corrected chi connectivity index (χ2v) is 5.67. The molecule has 3 rings (SSSR count). The van der Waals surface area contributed by atoms with Crippen LogP contribution in [0.25, 0.3) is 10.8 Å². The molecule has 1 heteroatoms. The molecule has 0 fully saturated rings. The molecule has 0 saturated carbocycles. The summed E-state index contributed by atoms with van der Waals surface area (Å²) in [5.74, 6) is 0.485. The molecule has 3 aromatic rings. The van der Waals surface area contributed by atoms with Crippen molar-refractivity contribution >= 4 is 16.6 Å². The maximum absolute atomic E-state index is 12.5. The van der Waals surface area contributed by atoms with Gasteiger partial charge in [0.25, 0.3) is 0 Å². The zero-order valence-corrected chi connectivity index (χ0v) is 12.8. The van der Waals surface area contributed by atoms with Gasteiger partial charge in [-0.15, -0.1) is 0 Å². The zero-order chi connectivity index (χ0) is 15.4. The normalized spacial score (nSPS) is 12.2. The fourth-order valence-electron chi connectivity index (χ4n) is 3.05. The van der Waals surface area contributed by atoms with Crippen LogP contribution in [-0.2, 0) is 0 Å². The molecule has 0 aliphatic heterocycles. The van der Waals surface area contributed by atoms with Gasteiger partial charge >= 0.3 is 0 Å². The van der Waals surface area contributed by atoms with E-state index in [1.165, 1.54) is 16.3 Å². The number of rotatable bonds is 5. The molecule has 0 aromatic heterocycles. The van der Waals surface area contributed by atoms with Gasteiger partial charge in [-0.1, -0.05) is 79.7 Å². The highest BCUT2D eigenvalue weighted by Gasteiger charge is 2.17. The fourth-order valence-corrected chi connectivity index (χ4v) is 3.05. The Morgan fingerprint density at radius 2 is 1.55 bits per heavy atom. The first-order valence-corrected chi connectivity index (χ1v) is 7.85. The SMILES string of the molecule is CCC(CC(=O)c1ccccc1)c1cccc2ccccc12. The standard InChI is InChI=1S/C21H20O/c1-2-16(15-21(22)18-10-4-3-5-11-18)19-14-8-12-17-9-6-7-13-20(17)19/h3-14,16H,2,15H2,1H3. The molecule has 0 radical (unpaired) electrons. The summed E-state index contributed by atoms with van der Waals surface area (Å²) in [5, 5.41) is 2.50. The van der Waals surface area contributed by atoms with E-state index in [2.05, 4.69) is 49.4 Å². The first-order chi connectivity index (χ1) is 10.8. The number of carbonyl (C=O) groups excluding carboxylic acids is 1.